The lowest BCUT2D eigenvalue weighted by atomic mass is 10.5. The Morgan fingerprint density at radius 1 is 1.47 bits per heavy atom. The van der Waals surface area contributed by atoms with Crippen molar-refractivity contribution in [3.8, 4) is 0 Å². The van der Waals surface area contributed by atoms with Crippen LogP contribution in [0.15, 0.2) is 4.42 Å². The quantitative estimate of drug-likeness (QED) is 0.749. The first-order valence-electron chi connectivity index (χ1n) is 4.19. The van der Waals surface area contributed by atoms with Crippen LogP contribution < -0.4 is 4.90 Å². The molecule has 15 heavy (non-hydrogen) atoms. The molecule has 0 bridgehead atoms. The van der Waals surface area contributed by atoms with Crippen LogP contribution in [-0.4, -0.2) is 41.4 Å². The minimum Gasteiger partial charge on any atom is -0.407 e. The van der Waals surface area contributed by atoms with Gasteiger partial charge in [-0.2, -0.15) is 0 Å². The average Bonchev–Trinajstić information content (AvgIpc) is 2.64. The van der Waals surface area contributed by atoms with Gasteiger partial charge in [-0.1, -0.05) is 5.10 Å². The summed E-state index contributed by atoms with van der Waals surface area (Å²) in [6.07, 6.45) is -2.54. The molecular weight excluding hydrogens is 232 g/mol. The second-order valence-corrected chi connectivity index (χ2v) is 2.94. The molecule has 0 aliphatic heterocycles. The molecule has 0 atom stereocenters. The number of nitrogens with zero attached hydrogens (tertiary/aromatic N) is 3. The molecule has 0 fully saturated rings. The molecule has 0 amide bonds. The van der Waals surface area contributed by atoms with Gasteiger partial charge in [-0.3, -0.25) is 0 Å². The van der Waals surface area contributed by atoms with Crippen molar-refractivity contribution in [2.45, 2.75) is 12.3 Å². The largest absolute Gasteiger partial charge is 0.407 e. The highest BCUT2D eigenvalue weighted by Gasteiger charge is 2.17. The Morgan fingerprint density at radius 2 is 2.20 bits per heavy atom. The molecular formula is C7H10ClF2N3O2. The van der Waals surface area contributed by atoms with Gasteiger partial charge >= 0.3 is 6.01 Å². The number of alkyl halides is 3. The van der Waals surface area contributed by atoms with Gasteiger partial charge in [-0.05, 0) is 0 Å². The molecule has 1 N–H and O–H groups in total. The third-order valence-corrected chi connectivity index (χ3v) is 1.80. The number of aliphatic hydroxyl groups excluding tert-OH is 1. The van der Waals surface area contributed by atoms with Gasteiger partial charge in [0.2, 0.25) is 5.89 Å². The molecule has 0 radical (unpaired) electrons. The van der Waals surface area contributed by atoms with Crippen LogP contribution in [0.25, 0.3) is 0 Å². The SMILES string of the molecule is OCCN(CC(F)F)c1nnc(CCl)o1. The third kappa shape index (κ3) is 3.60. The molecule has 1 aromatic heterocycles. The summed E-state index contributed by atoms with van der Waals surface area (Å²) in [7, 11) is 0. The van der Waals surface area contributed by atoms with Gasteiger partial charge in [0.1, 0.15) is 5.88 Å². The average molecular weight is 242 g/mol. The van der Waals surface area contributed by atoms with Gasteiger partial charge in [0.05, 0.1) is 13.2 Å². The van der Waals surface area contributed by atoms with Crippen LogP contribution in [0.5, 0.6) is 0 Å². The Morgan fingerprint density at radius 3 is 2.67 bits per heavy atom. The van der Waals surface area contributed by atoms with E-state index in [2.05, 4.69) is 10.2 Å². The summed E-state index contributed by atoms with van der Waals surface area (Å²) in [5.41, 5.74) is 0. The summed E-state index contributed by atoms with van der Waals surface area (Å²) in [5.74, 6) is 0.179. The first kappa shape index (κ1) is 12.1. The van der Waals surface area contributed by atoms with Gasteiger partial charge < -0.3 is 14.4 Å². The van der Waals surface area contributed by atoms with E-state index < -0.39 is 13.0 Å². The zero-order valence-electron chi connectivity index (χ0n) is 7.74. The second kappa shape index (κ2) is 5.82. The molecule has 0 aliphatic rings. The van der Waals surface area contributed by atoms with E-state index in [1.54, 1.807) is 0 Å². The molecule has 1 heterocycles. The van der Waals surface area contributed by atoms with Crippen molar-refractivity contribution >= 4 is 17.6 Å². The van der Waals surface area contributed by atoms with Crippen molar-refractivity contribution in [3.05, 3.63) is 5.89 Å². The fourth-order valence-electron chi connectivity index (χ4n) is 0.979. The Kier molecular flexibility index (Phi) is 4.70. The highest BCUT2D eigenvalue weighted by Crippen LogP contribution is 2.14. The molecule has 0 aromatic carbocycles. The fraction of sp³-hybridized carbons (Fsp3) is 0.714. The normalized spacial score (nSPS) is 11.0. The fourth-order valence-corrected chi connectivity index (χ4v) is 1.09. The predicted octanol–water partition coefficient (Wildman–Crippen LogP) is 0.872. The van der Waals surface area contributed by atoms with Gasteiger partial charge in [0, 0.05) is 6.54 Å². The van der Waals surface area contributed by atoms with Crippen molar-refractivity contribution < 1.29 is 18.3 Å². The number of rotatable bonds is 6. The van der Waals surface area contributed by atoms with Crippen LogP contribution in [0, 0.1) is 0 Å². The maximum Gasteiger partial charge on any atom is 0.318 e. The molecule has 0 saturated carbocycles. The third-order valence-electron chi connectivity index (χ3n) is 1.57. The molecule has 0 saturated heterocycles. The van der Waals surface area contributed by atoms with Crippen LogP contribution in [0.1, 0.15) is 5.89 Å². The maximum absolute atomic E-state index is 12.1. The molecule has 0 unspecified atom stereocenters. The van der Waals surface area contributed by atoms with Gasteiger partial charge in [0.15, 0.2) is 0 Å². The number of hydrogen-bond acceptors (Lipinski definition) is 5. The first-order valence-corrected chi connectivity index (χ1v) is 4.73. The van der Waals surface area contributed by atoms with Crippen molar-refractivity contribution in [1.82, 2.24) is 10.2 Å². The van der Waals surface area contributed by atoms with Crippen molar-refractivity contribution in [2.24, 2.45) is 0 Å². The van der Waals surface area contributed by atoms with Crippen molar-refractivity contribution in [1.29, 1.82) is 0 Å². The van der Waals surface area contributed by atoms with E-state index in [9.17, 15) is 8.78 Å². The lowest BCUT2D eigenvalue weighted by Gasteiger charge is -2.17. The van der Waals surface area contributed by atoms with Crippen LogP contribution in [0.4, 0.5) is 14.8 Å². The zero-order valence-corrected chi connectivity index (χ0v) is 8.49. The van der Waals surface area contributed by atoms with Crippen LogP contribution in [0.2, 0.25) is 0 Å². The van der Waals surface area contributed by atoms with Gasteiger partial charge in [-0.15, -0.1) is 16.7 Å². The summed E-state index contributed by atoms with van der Waals surface area (Å²) in [4.78, 5) is 1.10. The smallest absolute Gasteiger partial charge is 0.318 e. The highest BCUT2D eigenvalue weighted by atomic mass is 35.5. The maximum atomic E-state index is 12.1. The minimum absolute atomic E-state index is 0.00819. The van der Waals surface area contributed by atoms with Crippen molar-refractivity contribution in [2.75, 3.05) is 24.6 Å². The van der Waals surface area contributed by atoms with Crippen LogP contribution in [-0.2, 0) is 5.88 Å². The Hall–Kier alpha value is -0.950. The lowest BCUT2D eigenvalue weighted by Crippen LogP contribution is -2.31. The summed E-state index contributed by atoms with van der Waals surface area (Å²) in [6.45, 7) is -0.829. The molecule has 86 valence electrons. The first-order chi connectivity index (χ1) is 7.17. The Balaban J connectivity index is 2.69. The molecule has 8 heteroatoms. The molecule has 0 aliphatic carbocycles. The van der Waals surface area contributed by atoms with E-state index in [0.717, 1.165) is 4.90 Å². The molecule has 0 spiro atoms. The molecule has 5 nitrogen and oxygen atoms in total. The van der Waals surface area contributed by atoms with E-state index in [-0.39, 0.29) is 30.9 Å². The summed E-state index contributed by atoms with van der Waals surface area (Å²) in [5, 5.41) is 15.7. The van der Waals surface area contributed by atoms with Crippen LogP contribution in [0.3, 0.4) is 0 Å². The number of aromatic nitrogens is 2. The van der Waals surface area contributed by atoms with E-state index >= 15 is 0 Å². The summed E-state index contributed by atoms with van der Waals surface area (Å²) in [6, 6.07) is -0.0556. The zero-order chi connectivity index (χ0) is 11.3. The monoisotopic (exact) mass is 241 g/mol. The van der Waals surface area contributed by atoms with Crippen molar-refractivity contribution in [3.63, 3.8) is 0 Å². The van der Waals surface area contributed by atoms with Gasteiger partial charge in [-0.25, -0.2) is 8.78 Å². The number of anilines is 1. The van der Waals surface area contributed by atoms with E-state index in [4.69, 9.17) is 21.1 Å². The highest BCUT2D eigenvalue weighted by molar-refractivity contribution is 6.16. The second-order valence-electron chi connectivity index (χ2n) is 2.67. The molecule has 1 rings (SSSR count). The summed E-state index contributed by atoms with van der Waals surface area (Å²) >= 11 is 5.42. The van der Waals surface area contributed by atoms with E-state index in [0.29, 0.717) is 0 Å². The number of halogens is 3. The standard InChI is InChI=1S/C7H10ClF2N3O2/c8-3-6-11-12-7(15-6)13(1-2-14)4-5(9)10/h5,14H,1-4H2. The van der Waals surface area contributed by atoms with E-state index in [1.165, 1.54) is 0 Å². The molecule has 1 aromatic rings. The minimum atomic E-state index is -2.54. The van der Waals surface area contributed by atoms with E-state index in [1.807, 2.05) is 0 Å². The predicted molar refractivity (Wildman–Crippen MR) is 49.2 cm³/mol. The Bertz CT molecular complexity index is 298. The number of aliphatic hydroxyl groups is 1. The topological polar surface area (TPSA) is 62.4 Å². The van der Waals surface area contributed by atoms with Crippen LogP contribution >= 0.6 is 11.6 Å². The number of hydrogen-bond donors (Lipinski definition) is 1. The Labute approximate surface area is 89.6 Å². The lowest BCUT2D eigenvalue weighted by molar-refractivity contribution is 0.150. The summed E-state index contributed by atoms with van der Waals surface area (Å²) < 4.78 is 29.3. The van der Waals surface area contributed by atoms with Gasteiger partial charge in [0.25, 0.3) is 6.43 Å².